The topological polar surface area (TPSA) is 74.6 Å². The van der Waals surface area contributed by atoms with E-state index in [4.69, 9.17) is 4.42 Å². The van der Waals surface area contributed by atoms with Gasteiger partial charge in [-0.2, -0.15) is 0 Å². The summed E-state index contributed by atoms with van der Waals surface area (Å²) in [6, 6.07) is 12.5. The molecule has 0 fully saturated rings. The molecule has 1 heterocycles. The first kappa shape index (κ1) is 18.6. The van der Waals surface area contributed by atoms with Crippen LogP contribution in [0.2, 0.25) is 0 Å². The minimum absolute atomic E-state index is 0.0363. The average molecular weight is 343 g/mol. The third kappa shape index (κ3) is 5.38. The quantitative estimate of drug-likeness (QED) is 0.771. The average Bonchev–Trinajstić information content (AvgIpc) is 3.14. The molecule has 0 bridgehead atoms. The Kier molecular flexibility index (Phi) is 6.62. The normalized spacial score (nSPS) is 11.8. The Bertz CT molecular complexity index is 668. The van der Waals surface area contributed by atoms with Crippen molar-refractivity contribution in [2.75, 3.05) is 25.0 Å². The van der Waals surface area contributed by atoms with Crippen molar-refractivity contribution in [2.24, 2.45) is 5.92 Å². The molecule has 0 aliphatic heterocycles. The van der Waals surface area contributed by atoms with Gasteiger partial charge in [0.25, 0.3) is 5.91 Å². The highest BCUT2D eigenvalue weighted by atomic mass is 16.3. The molecule has 0 saturated heterocycles. The first-order valence-corrected chi connectivity index (χ1v) is 8.37. The summed E-state index contributed by atoms with van der Waals surface area (Å²) in [4.78, 5) is 26.6. The van der Waals surface area contributed by atoms with Gasteiger partial charge in [-0.25, -0.2) is 0 Å². The molecular formula is C19H25N3O3. The van der Waals surface area contributed by atoms with E-state index in [9.17, 15) is 9.59 Å². The summed E-state index contributed by atoms with van der Waals surface area (Å²) in [5, 5.41) is 5.62. The lowest BCUT2D eigenvalue weighted by molar-refractivity contribution is -0.123. The van der Waals surface area contributed by atoms with Crippen molar-refractivity contribution in [1.29, 1.82) is 0 Å². The Morgan fingerprint density at radius 1 is 1.12 bits per heavy atom. The number of likely N-dealkylation sites (N-methyl/N-ethyl adjacent to an activating group) is 1. The van der Waals surface area contributed by atoms with Gasteiger partial charge in [0.15, 0.2) is 5.76 Å². The van der Waals surface area contributed by atoms with Crippen LogP contribution in [0.25, 0.3) is 0 Å². The minimum Gasteiger partial charge on any atom is -0.459 e. The molecule has 25 heavy (non-hydrogen) atoms. The van der Waals surface area contributed by atoms with Crippen molar-refractivity contribution < 1.29 is 14.0 Å². The summed E-state index contributed by atoms with van der Waals surface area (Å²) in [6.07, 6.45) is 1.43. The monoisotopic (exact) mass is 343 g/mol. The number of nitrogens with zero attached hydrogens (tertiary/aromatic N) is 1. The zero-order chi connectivity index (χ0) is 18.2. The highest BCUT2D eigenvalue weighted by Gasteiger charge is 2.25. The summed E-state index contributed by atoms with van der Waals surface area (Å²) in [5.74, 6) is -0.426. The molecule has 2 rings (SSSR count). The fourth-order valence-electron chi connectivity index (χ4n) is 2.42. The number of nitrogens with one attached hydrogen (secondary N) is 2. The molecule has 0 aliphatic carbocycles. The standard InChI is InChI=1S/C19H25N3O3/c1-14(2)17(21-18(23)16-10-7-13-25-16)19(24)20-11-12-22(3)15-8-5-4-6-9-15/h4-10,13-14,17H,11-12H2,1-3H3,(H,20,24)(H,21,23). The summed E-state index contributed by atoms with van der Waals surface area (Å²) < 4.78 is 5.07. The van der Waals surface area contributed by atoms with E-state index < -0.39 is 6.04 Å². The lowest BCUT2D eigenvalue weighted by Gasteiger charge is -2.23. The van der Waals surface area contributed by atoms with Gasteiger partial charge in [-0.1, -0.05) is 32.0 Å². The fraction of sp³-hybridized carbons (Fsp3) is 0.368. The van der Waals surface area contributed by atoms with Crippen LogP contribution >= 0.6 is 0 Å². The summed E-state index contributed by atoms with van der Waals surface area (Å²) in [7, 11) is 1.97. The van der Waals surface area contributed by atoms with Gasteiger partial charge in [0.05, 0.1) is 6.26 Å². The van der Waals surface area contributed by atoms with Gasteiger partial charge >= 0.3 is 0 Å². The maximum absolute atomic E-state index is 12.4. The molecule has 0 radical (unpaired) electrons. The Balaban J connectivity index is 1.85. The van der Waals surface area contributed by atoms with Gasteiger partial charge in [0.2, 0.25) is 5.91 Å². The maximum atomic E-state index is 12.4. The van der Waals surface area contributed by atoms with Crippen molar-refractivity contribution in [3.8, 4) is 0 Å². The lowest BCUT2D eigenvalue weighted by atomic mass is 10.0. The second-order valence-corrected chi connectivity index (χ2v) is 6.22. The molecule has 6 nitrogen and oxygen atoms in total. The Labute approximate surface area is 148 Å². The molecule has 1 atom stereocenters. The molecule has 0 spiro atoms. The van der Waals surface area contributed by atoms with Crippen LogP contribution in [0.1, 0.15) is 24.4 Å². The van der Waals surface area contributed by atoms with Crippen LogP contribution in [-0.2, 0) is 4.79 Å². The number of hydrogen-bond acceptors (Lipinski definition) is 4. The van der Waals surface area contributed by atoms with Crippen LogP contribution in [-0.4, -0.2) is 38.0 Å². The molecule has 1 aromatic carbocycles. The highest BCUT2D eigenvalue weighted by Crippen LogP contribution is 2.10. The summed E-state index contributed by atoms with van der Waals surface area (Å²) in [6.45, 7) is 4.95. The number of para-hydroxylation sites is 1. The Morgan fingerprint density at radius 3 is 2.44 bits per heavy atom. The molecule has 2 aromatic rings. The van der Waals surface area contributed by atoms with E-state index in [0.29, 0.717) is 13.1 Å². The van der Waals surface area contributed by atoms with Gasteiger partial charge in [-0.05, 0) is 30.2 Å². The third-order valence-electron chi connectivity index (χ3n) is 3.92. The van der Waals surface area contributed by atoms with Gasteiger partial charge in [-0.3, -0.25) is 9.59 Å². The van der Waals surface area contributed by atoms with Crippen LogP contribution in [0.5, 0.6) is 0 Å². The maximum Gasteiger partial charge on any atom is 0.287 e. The minimum atomic E-state index is -0.611. The number of anilines is 1. The second-order valence-electron chi connectivity index (χ2n) is 6.22. The molecule has 134 valence electrons. The number of carbonyl (C=O) groups excluding carboxylic acids is 2. The van der Waals surface area contributed by atoms with E-state index in [2.05, 4.69) is 15.5 Å². The first-order valence-electron chi connectivity index (χ1n) is 8.37. The van der Waals surface area contributed by atoms with E-state index in [1.54, 1.807) is 12.1 Å². The zero-order valence-corrected chi connectivity index (χ0v) is 14.9. The SMILES string of the molecule is CC(C)C(NC(=O)c1ccco1)C(=O)NCCN(C)c1ccccc1. The number of amides is 2. The van der Waals surface area contributed by atoms with E-state index in [1.165, 1.54) is 6.26 Å². The van der Waals surface area contributed by atoms with Crippen LogP contribution in [0.15, 0.2) is 53.1 Å². The Hall–Kier alpha value is -2.76. The predicted molar refractivity (Wildman–Crippen MR) is 97.5 cm³/mol. The third-order valence-corrected chi connectivity index (χ3v) is 3.92. The molecule has 0 aliphatic rings. The lowest BCUT2D eigenvalue weighted by Crippen LogP contribution is -2.50. The molecule has 0 saturated carbocycles. The number of rotatable bonds is 8. The van der Waals surface area contributed by atoms with Gasteiger partial charge in [0.1, 0.15) is 6.04 Å². The van der Waals surface area contributed by atoms with Crippen LogP contribution in [0.4, 0.5) is 5.69 Å². The molecule has 1 unspecified atom stereocenters. The summed E-state index contributed by atoms with van der Waals surface area (Å²) in [5.41, 5.74) is 1.09. The molecule has 2 amide bonds. The van der Waals surface area contributed by atoms with E-state index in [1.807, 2.05) is 51.2 Å². The highest BCUT2D eigenvalue weighted by molar-refractivity contribution is 5.95. The van der Waals surface area contributed by atoms with Gasteiger partial charge < -0.3 is 20.0 Å². The van der Waals surface area contributed by atoms with Gasteiger partial charge in [0, 0.05) is 25.8 Å². The number of carbonyl (C=O) groups is 2. The van der Waals surface area contributed by atoms with E-state index >= 15 is 0 Å². The zero-order valence-electron chi connectivity index (χ0n) is 14.9. The van der Waals surface area contributed by atoms with Crippen LogP contribution in [0, 0.1) is 5.92 Å². The van der Waals surface area contributed by atoms with Crippen molar-refractivity contribution in [3.05, 3.63) is 54.5 Å². The van der Waals surface area contributed by atoms with Crippen LogP contribution < -0.4 is 15.5 Å². The predicted octanol–water partition coefficient (Wildman–Crippen LogP) is 2.29. The molecule has 6 heteroatoms. The second kappa shape index (κ2) is 8.92. The van der Waals surface area contributed by atoms with Crippen molar-refractivity contribution in [1.82, 2.24) is 10.6 Å². The van der Waals surface area contributed by atoms with Crippen LogP contribution in [0.3, 0.4) is 0 Å². The van der Waals surface area contributed by atoms with Crippen molar-refractivity contribution >= 4 is 17.5 Å². The molecule has 1 aromatic heterocycles. The number of furan rings is 1. The molecule has 2 N–H and O–H groups in total. The number of benzene rings is 1. The number of hydrogen-bond donors (Lipinski definition) is 2. The molecular weight excluding hydrogens is 318 g/mol. The van der Waals surface area contributed by atoms with Crippen molar-refractivity contribution in [2.45, 2.75) is 19.9 Å². The smallest absolute Gasteiger partial charge is 0.287 e. The van der Waals surface area contributed by atoms with E-state index in [-0.39, 0.29) is 23.5 Å². The van der Waals surface area contributed by atoms with Crippen molar-refractivity contribution in [3.63, 3.8) is 0 Å². The fourth-order valence-corrected chi connectivity index (χ4v) is 2.42. The first-order chi connectivity index (χ1) is 12.0. The van der Waals surface area contributed by atoms with E-state index in [0.717, 1.165) is 5.69 Å². The largest absolute Gasteiger partial charge is 0.459 e. The Morgan fingerprint density at radius 2 is 1.84 bits per heavy atom. The summed E-state index contributed by atoms with van der Waals surface area (Å²) >= 11 is 0. The van der Waals surface area contributed by atoms with Gasteiger partial charge in [-0.15, -0.1) is 0 Å².